The standard InChI is InChI=1S/C24H16F2/c25-23-11-3-9-21(15-23)19-7-1-5-17(13-19)18-6-2-8-20(14-18)22-10-4-12-24(26)16-22/h1-16H. The first-order valence-electron chi connectivity index (χ1n) is 8.41. The van der Waals surface area contributed by atoms with Crippen molar-refractivity contribution >= 4 is 0 Å². The SMILES string of the molecule is Fc1cccc(-c2cccc(-c3cccc(-c4cccc(F)c4)c3)c2)c1. The molecule has 0 fully saturated rings. The van der Waals surface area contributed by atoms with E-state index in [1.807, 2.05) is 60.7 Å². The molecule has 0 spiro atoms. The first kappa shape index (κ1) is 16.2. The van der Waals surface area contributed by atoms with Crippen LogP contribution in [0.5, 0.6) is 0 Å². The van der Waals surface area contributed by atoms with E-state index in [-0.39, 0.29) is 11.6 Å². The molecule has 126 valence electrons. The summed E-state index contributed by atoms with van der Waals surface area (Å²) in [5.74, 6) is -0.498. The van der Waals surface area contributed by atoms with Gasteiger partial charge in [0.05, 0.1) is 0 Å². The van der Waals surface area contributed by atoms with Crippen LogP contribution in [0.4, 0.5) is 8.78 Å². The van der Waals surface area contributed by atoms with Gasteiger partial charge in [-0.2, -0.15) is 0 Å². The normalized spacial score (nSPS) is 10.7. The molecule has 0 aliphatic rings. The van der Waals surface area contributed by atoms with Gasteiger partial charge in [-0.1, -0.05) is 60.7 Å². The number of halogens is 2. The lowest BCUT2D eigenvalue weighted by Gasteiger charge is -2.09. The summed E-state index contributed by atoms with van der Waals surface area (Å²) in [7, 11) is 0. The molecule has 0 radical (unpaired) electrons. The molecule has 4 rings (SSSR count). The summed E-state index contributed by atoms with van der Waals surface area (Å²) in [6.45, 7) is 0. The third-order valence-corrected chi connectivity index (χ3v) is 4.37. The van der Waals surface area contributed by atoms with Gasteiger partial charge in [0, 0.05) is 0 Å². The second-order valence-electron chi connectivity index (χ2n) is 6.18. The van der Waals surface area contributed by atoms with E-state index in [1.54, 1.807) is 12.1 Å². The van der Waals surface area contributed by atoms with Gasteiger partial charge in [0.15, 0.2) is 0 Å². The van der Waals surface area contributed by atoms with E-state index in [9.17, 15) is 8.78 Å². The fraction of sp³-hybridized carbons (Fsp3) is 0. The van der Waals surface area contributed by atoms with Crippen molar-refractivity contribution in [1.82, 2.24) is 0 Å². The topological polar surface area (TPSA) is 0 Å². The van der Waals surface area contributed by atoms with Crippen molar-refractivity contribution in [3.8, 4) is 33.4 Å². The fourth-order valence-electron chi connectivity index (χ4n) is 3.09. The number of rotatable bonds is 3. The average Bonchev–Trinajstić information content (AvgIpc) is 2.68. The molecule has 0 saturated carbocycles. The van der Waals surface area contributed by atoms with E-state index in [1.165, 1.54) is 24.3 Å². The molecule has 0 bridgehead atoms. The van der Waals surface area contributed by atoms with Gasteiger partial charge in [-0.15, -0.1) is 0 Å². The molecule has 26 heavy (non-hydrogen) atoms. The third kappa shape index (κ3) is 3.40. The third-order valence-electron chi connectivity index (χ3n) is 4.37. The highest BCUT2D eigenvalue weighted by Crippen LogP contribution is 2.30. The Kier molecular flexibility index (Phi) is 4.32. The zero-order valence-corrected chi connectivity index (χ0v) is 14.0. The summed E-state index contributed by atoms with van der Waals surface area (Å²) in [5, 5.41) is 0. The lowest BCUT2D eigenvalue weighted by Crippen LogP contribution is -1.84. The van der Waals surface area contributed by atoms with Crippen LogP contribution in [0.1, 0.15) is 0 Å². The van der Waals surface area contributed by atoms with Crippen molar-refractivity contribution in [2.75, 3.05) is 0 Å². The fourth-order valence-corrected chi connectivity index (χ4v) is 3.09. The second kappa shape index (κ2) is 6.93. The molecular formula is C24H16F2. The minimum atomic E-state index is -0.249. The molecule has 4 aromatic rings. The predicted molar refractivity (Wildman–Crippen MR) is 103 cm³/mol. The zero-order chi connectivity index (χ0) is 17.9. The smallest absolute Gasteiger partial charge is 0.123 e. The Morgan fingerprint density at radius 1 is 0.346 bits per heavy atom. The molecule has 4 aromatic carbocycles. The highest BCUT2D eigenvalue weighted by molar-refractivity contribution is 5.76. The minimum Gasteiger partial charge on any atom is -0.207 e. The first-order chi connectivity index (χ1) is 12.7. The number of benzene rings is 4. The molecule has 0 unspecified atom stereocenters. The van der Waals surface area contributed by atoms with Crippen LogP contribution < -0.4 is 0 Å². The van der Waals surface area contributed by atoms with E-state index < -0.39 is 0 Å². The van der Waals surface area contributed by atoms with Gasteiger partial charge in [-0.25, -0.2) is 8.78 Å². The van der Waals surface area contributed by atoms with Gasteiger partial charge >= 0.3 is 0 Å². The molecule has 0 aromatic heterocycles. The van der Waals surface area contributed by atoms with Crippen LogP contribution in [0.15, 0.2) is 97.1 Å². The van der Waals surface area contributed by atoms with E-state index in [0.29, 0.717) is 0 Å². The molecule has 0 nitrogen and oxygen atoms in total. The van der Waals surface area contributed by atoms with Gasteiger partial charge in [0.25, 0.3) is 0 Å². The van der Waals surface area contributed by atoms with Crippen LogP contribution in [0.2, 0.25) is 0 Å². The number of hydrogen-bond donors (Lipinski definition) is 0. The second-order valence-corrected chi connectivity index (χ2v) is 6.18. The van der Waals surface area contributed by atoms with Gasteiger partial charge in [0.2, 0.25) is 0 Å². The first-order valence-corrected chi connectivity index (χ1v) is 8.41. The van der Waals surface area contributed by atoms with Gasteiger partial charge < -0.3 is 0 Å². The maximum atomic E-state index is 13.5. The molecular weight excluding hydrogens is 326 g/mol. The summed E-state index contributed by atoms with van der Waals surface area (Å²) >= 11 is 0. The Bertz CT molecular complexity index is 980. The van der Waals surface area contributed by atoms with Crippen molar-refractivity contribution in [3.63, 3.8) is 0 Å². The lowest BCUT2D eigenvalue weighted by atomic mass is 9.96. The van der Waals surface area contributed by atoms with E-state index in [4.69, 9.17) is 0 Å². The predicted octanol–water partition coefficient (Wildman–Crippen LogP) is 6.97. The molecule has 0 aliphatic heterocycles. The van der Waals surface area contributed by atoms with Crippen molar-refractivity contribution in [2.24, 2.45) is 0 Å². The van der Waals surface area contributed by atoms with Gasteiger partial charge in [0.1, 0.15) is 11.6 Å². The Hall–Kier alpha value is -3.26. The Morgan fingerprint density at radius 2 is 0.615 bits per heavy atom. The van der Waals surface area contributed by atoms with E-state index in [0.717, 1.165) is 33.4 Å². The molecule has 0 aliphatic carbocycles. The molecule has 0 amide bonds. The van der Waals surface area contributed by atoms with Crippen LogP contribution in [0.25, 0.3) is 33.4 Å². The Morgan fingerprint density at radius 3 is 0.923 bits per heavy atom. The highest BCUT2D eigenvalue weighted by Gasteiger charge is 2.05. The van der Waals surface area contributed by atoms with Gasteiger partial charge in [-0.3, -0.25) is 0 Å². The Labute approximate surface area is 151 Å². The minimum absolute atomic E-state index is 0.249. The largest absolute Gasteiger partial charge is 0.207 e. The highest BCUT2D eigenvalue weighted by atomic mass is 19.1. The van der Waals surface area contributed by atoms with Crippen molar-refractivity contribution in [1.29, 1.82) is 0 Å². The van der Waals surface area contributed by atoms with E-state index >= 15 is 0 Å². The molecule has 0 heterocycles. The number of hydrogen-bond acceptors (Lipinski definition) is 0. The summed E-state index contributed by atoms with van der Waals surface area (Å²) in [4.78, 5) is 0. The molecule has 0 N–H and O–H groups in total. The van der Waals surface area contributed by atoms with Crippen LogP contribution in [0, 0.1) is 11.6 Å². The quantitative estimate of drug-likeness (QED) is 0.377. The van der Waals surface area contributed by atoms with E-state index in [2.05, 4.69) is 0 Å². The Balaban J connectivity index is 1.75. The zero-order valence-electron chi connectivity index (χ0n) is 14.0. The van der Waals surface area contributed by atoms with Crippen molar-refractivity contribution < 1.29 is 8.78 Å². The maximum absolute atomic E-state index is 13.5. The van der Waals surface area contributed by atoms with Crippen LogP contribution in [-0.2, 0) is 0 Å². The van der Waals surface area contributed by atoms with Crippen LogP contribution >= 0.6 is 0 Å². The van der Waals surface area contributed by atoms with Crippen LogP contribution in [0.3, 0.4) is 0 Å². The van der Waals surface area contributed by atoms with Crippen molar-refractivity contribution in [2.45, 2.75) is 0 Å². The maximum Gasteiger partial charge on any atom is 0.123 e. The summed E-state index contributed by atoms with van der Waals surface area (Å²) in [6.07, 6.45) is 0. The summed E-state index contributed by atoms with van der Waals surface area (Å²) in [5.41, 5.74) is 5.66. The lowest BCUT2D eigenvalue weighted by molar-refractivity contribution is 0.628. The monoisotopic (exact) mass is 342 g/mol. The molecule has 2 heteroatoms. The summed E-state index contributed by atoms with van der Waals surface area (Å²) in [6, 6.07) is 29.1. The molecule has 0 saturated heterocycles. The van der Waals surface area contributed by atoms with Gasteiger partial charge in [-0.05, 0) is 69.8 Å². The molecule has 0 atom stereocenters. The average molecular weight is 342 g/mol. The summed E-state index contributed by atoms with van der Waals surface area (Å²) < 4.78 is 27.0. The van der Waals surface area contributed by atoms with Crippen molar-refractivity contribution in [3.05, 3.63) is 109 Å². The van der Waals surface area contributed by atoms with Crippen LogP contribution in [-0.4, -0.2) is 0 Å².